The number of ether oxygens (including phenoxy) is 2. The third kappa shape index (κ3) is 8.37. The molecule has 1 fully saturated rings. The number of Topliss-reactive ketones (excluding diaryl/α,β-unsaturated/α-hetero) is 1. The molecule has 2 unspecified atom stereocenters. The van der Waals surface area contributed by atoms with E-state index in [0.29, 0.717) is 13.1 Å². The van der Waals surface area contributed by atoms with E-state index in [1.165, 1.54) is 7.11 Å². The lowest BCUT2D eigenvalue weighted by Crippen LogP contribution is -2.36. The van der Waals surface area contributed by atoms with Crippen LogP contribution in [0.1, 0.15) is 45.6 Å². The molecule has 0 radical (unpaired) electrons. The first-order valence-electron chi connectivity index (χ1n) is 9.69. The summed E-state index contributed by atoms with van der Waals surface area (Å²) in [6, 6.07) is 7.33. The number of unbranched alkanes of at least 4 members (excludes halogenated alkanes) is 1. The standard InChI is InChI=1S/C17H23NO4.C4H10O2/c1-3-4-9-22-15-7-5-13(6-8-15)11-18-12-14(19)10-16(18)17(20)21-2;1-3(5)4(2)6/h5-8,16H,3-4,9-12H2,1-2H3;3-6H,1-2H3/t16-;/m1./s1. The highest BCUT2D eigenvalue weighted by Crippen LogP contribution is 2.20. The Morgan fingerprint density at radius 2 is 1.82 bits per heavy atom. The second kappa shape index (κ2) is 12.5. The molecule has 0 bridgehead atoms. The fourth-order valence-corrected chi connectivity index (χ4v) is 2.54. The number of nitrogens with zero attached hydrogens (tertiary/aromatic N) is 1. The number of carbonyl (C=O) groups is 2. The molecule has 2 N–H and O–H groups in total. The summed E-state index contributed by atoms with van der Waals surface area (Å²) in [7, 11) is 1.35. The van der Waals surface area contributed by atoms with Crippen LogP contribution in [0.15, 0.2) is 24.3 Å². The molecule has 28 heavy (non-hydrogen) atoms. The van der Waals surface area contributed by atoms with Gasteiger partial charge in [-0.2, -0.15) is 0 Å². The van der Waals surface area contributed by atoms with E-state index in [4.69, 9.17) is 19.7 Å². The van der Waals surface area contributed by atoms with E-state index in [0.717, 1.165) is 30.8 Å². The fourth-order valence-electron chi connectivity index (χ4n) is 2.54. The number of rotatable bonds is 8. The zero-order valence-electron chi connectivity index (χ0n) is 17.3. The average Bonchev–Trinajstić information content (AvgIpc) is 3.03. The maximum atomic E-state index is 11.7. The number of aliphatic hydroxyl groups excluding tert-OH is 2. The highest BCUT2D eigenvalue weighted by Gasteiger charge is 2.36. The van der Waals surface area contributed by atoms with Gasteiger partial charge in [0.25, 0.3) is 0 Å². The number of likely N-dealkylation sites (tertiary alicyclic amines) is 1. The SMILES string of the molecule is CC(O)C(C)O.CCCCOc1ccc(CN2CC(=O)C[C@@H]2C(=O)OC)cc1. The van der Waals surface area contributed by atoms with Crippen molar-refractivity contribution in [1.82, 2.24) is 4.90 Å². The van der Waals surface area contributed by atoms with Gasteiger partial charge >= 0.3 is 5.97 Å². The first-order chi connectivity index (χ1) is 13.3. The minimum absolute atomic E-state index is 0.0786. The lowest BCUT2D eigenvalue weighted by molar-refractivity contribution is -0.146. The van der Waals surface area contributed by atoms with Gasteiger partial charge in [0.2, 0.25) is 0 Å². The van der Waals surface area contributed by atoms with Crippen LogP contribution < -0.4 is 4.74 Å². The molecule has 3 atom stereocenters. The van der Waals surface area contributed by atoms with E-state index < -0.39 is 18.2 Å². The van der Waals surface area contributed by atoms with Gasteiger partial charge in [0.1, 0.15) is 17.6 Å². The normalized spacial score (nSPS) is 18.8. The van der Waals surface area contributed by atoms with Crippen LogP contribution in [0.5, 0.6) is 5.75 Å². The van der Waals surface area contributed by atoms with Crippen LogP contribution >= 0.6 is 0 Å². The van der Waals surface area contributed by atoms with Crippen LogP contribution in [0.2, 0.25) is 0 Å². The monoisotopic (exact) mass is 395 g/mol. The summed E-state index contributed by atoms with van der Waals surface area (Å²) in [5.41, 5.74) is 1.05. The summed E-state index contributed by atoms with van der Waals surface area (Å²) < 4.78 is 10.4. The highest BCUT2D eigenvalue weighted by atomic mass is 16.5. The molecule has 0 spiro atoms. The van der Waals surface area contributed by atoms with Crippen LogP contribution in [-0.2, 0) is 20.9 Å². The van der Waals surface area contributed by atoms with Crippen molar-refractivity contribution in [1.29, 1.82) is 0 Å². The van der Waals surface area contributed by atoms with E-state index in [-0.39, 0.29) is 18.2 Å². The Morgan fingerprint density at radius 1 is 1.21 bits per heavy atom. The number of esters is 1. The molecule has 1 heterocycles. The van der Waals surface area contributed by atoms with Crippen molar-refractivity contribution in [2.45, 2.75) is 64.8 Å². The molecule has 0 amide bonds. The molecular formula is C21H33NO6. The van der Waals surface area contributed by atoms with E-state index in [1.807, 2.05) is 29.2 Å². The van der Waals surface area contributed by atoms with E-state index >= 15 is 0 Å². The lowest BCUT2D eigenvalue weighted by atomic mass is 10.1. The summed E-state index contributed by atoms with van der Waals surface area (Å²) in [4.78, 5) is 25.2. The van der Waals surface area contributed by atoms with Crippen LogP contribution in [0.4, 0.5) is 0 Å². The molecule has 158 valence electrons. The predicted molar refractivity (Wildman–Crippen MR) is 106 cm³/mol. The zero-order chi connectivity index (χ0) is 21.1. The Balaban J connectivity index is 0.000000568. The molecule has 0 saturated carbocycles. The summed E-state index contributed by atoms with van der Waals surface area (Å²) in [5, 5.41) is 16.8. The number of methoxy groups -OCH3 is 1. The minimum atomic E-state index is -0.593. The molecule has 0 aliphatic carbocycles. The van der Waals surface area contributed by atoms with Gasteiger partial charge in [-0.15, -0.1) is 0 Å². The van der Waals surface area contributed by atoms with E-state index in [2.05, 4.69) is 6.92 Å². The highest BCUT2D eigenvalue weighted by molar-refractivity contribution is 5.91. The largest absolute Gasteiger partial charge is 0.494 e. The van der Waals surface area contributed by atoms with E-state index in [1.54, 1.807) is 13.8 Å². The van der Waals surface area contributed by atoms with E-state index in [9.17, 15) is 9.59 Å². The molecule has 2 rings (SSSR count). The van der Waals surface area contributed by atoms with Gasteiger partial charge in [-0.3, -0.25) is 14.5 Å². The van der Waals surface area contributed by atoms with Crippen molar-refractivity contribution in [3.05, 3.63) is 29.8 Å². The number of benzene rings is 1. The number of carbonyl (C=O) groups excluding carboxylic acids is 2. The Kier molecular flexibility index (Phi) is 10.7. The quantitative estimate of drug-likeness (QED) is 0.513. The van der Waals surface area contributed by atoms with Crippen LogP contribution in [0.3, 0.4) is 0 Å². The molecule has 1 aromatic carbocycles. The Morgan fingerprint density at radius 3 is 2.32 bits per heavy atom. The lowest BCUT2D eigenvalue weighted by Gasteiger charge is -2.21. The number of hydrogen-bond donors (Lipinski definition) is 2. The van der Waals surface area contributed by atoms with Crippen molar-refractivity contribution in [2.24, 2.45) is 0 Å². The maximum absolute atomic E-state index is 11.7. The van der Waals surface area contributed by atoms with Crippen molar-refractivity contribution in [3.8, 4) is 5.75 Å². The third-order valence-electron chi connectivity index (χ3n) is 4.49. The smallest absolute Gasteiger partial charge is 0.323 e. The van der Waals surface area contributed by atoms with Gasteiger partial charge < -0.3 is 19.7 Å². The molecule has 1 aromatic rings. The summed E-state index contributed by atoms with van der Waals surface area (Å²) in [5.74, 6) is 0.583. The number of ketones is 1. The van der Waals surface area contributed by atoms with Crippen LogP contribution in [-0.4, -0.2) is 65.4 Å². The van der Waals surface area contributed by atoms with Crippen molar-refractivity contribution in [3.63, 3.8) is 0 Å². The van der Waals surface area contributed by atoms with Gasteiger partial charge in [0, 0.05) is 13.0 Å². The molecular weight excluding hydrogens is 362 g/mol. The molecule has 1 saturated heterocycles. The minimum Gasteiger partial charge on any atom is -0.494 e. The average molecular weight is 395 g/mol. The molecule has 0 aromatic heterocycles. The molecule has 1 aliphatic rings. The zero-order valence-corrected chi connectivity index (χ0v) is 17.3. The summed E-state index contributed by atoms with van der Waals surface area (Å²) in [6.45, 7) is 6.80. The Labute approximate surface area is 167 Å². The fraction of sp³-hybridized carbons (Fsp3) is 0.619. The molecule has 7 heteroatoms. The summed E-state index contributed by atoms with van der Waals surface area (Å²) in [6.07, 6.45) is 1.20. The third-order valence-corrected chi connectivity index (χ3v) is 4.49. The maximum Gasteiger partial charge on any atom is 0.323 e. The number of hydrogen-bond acceptors (Lipinski definition) is 7. The van der Waals surface area contributed by atoms with Gasteiger partial charge in [-0.25, -0.2) is 0 Å². The second-order valence-electron chi connectivity index (χ2n) is 7.01. The van der Waals surface area contributed by atoms with Gasteiger partial charge in [0.15, 0.2) is 0 Å². The Bertz CT molecular complexity index is 593. The second-order valence-corrected chi connectivity index (χ2v) is 7.01. The first-order valence-corrected chi connectivity index (χ1v) is 9.69. The Hall–Kier alpha value is -1.96. The van der Waals surface area contributed by atoms with Crippen LogP contribution in [0.25, 0.3) is 0 Å². The molecule has 7 nitrogen and oxygen atoms in total. The summed E-state index contributed by atoms with van der Waals surface area (Å²) >= 11 is 0. The van der Waals surface area contributed by atoms with Gasteiger partial charge in [-0.05, 0) is 38.0 Å². The first kappa shape index (κ1) is 24.1. The topological polar surface area (TPSA) is 96.3 Å². The van der Waals surface area contributed by atoms with Crippen molar-refractivity contribution < 1.29 is 29.3 Å². The number of aliphatic hydroxyl groups is 2. The van der Waals surface area contributed by atoms with Crippen molar-refractivity contribution >= 4 is 11.8 Å². The van der Waals surface area contributed by atoms with Gasteiger partial charge in [0.05, 0.1) is 32.5 Å². The van der Waals surface area contributed by atoms with Gasteiger partial charge in [-0.1, -0.05) is 25.5 Å². The van der Waals surface area contributed by atoms with Crippen molar-refractivity contribution in [2.75, 3.05) is 20.3 Å². The predicted octanol–water partition coefficient (Wildman–Crippen LogP) is 1.93. The van der Waals surface area contributed by atoms with Crippen LogP contribution in [0, 0.1) is 0 Å². The molecule has 1 aliphatic heterocycles.